The second-order valence-electron chi connectivity index (χ2n) is 8.45. The minimum atomic E-state index is -0.568. The normalized spacial score (nSPS) is 14.8. The van der Waals surface area contributed by atoms with Crippen LogP contribution in [-0.2, 0) is 4.79 Å². The smallest absolute Gasteiger partial charge is 0.267 e. The molecule has 3 heterocycles. The lowest BCUT2D eigenvalue weighted by molar-refractivity contribution is -0.112. The molecule has 0 unspecified atom stereocenters. The molecule has 1 aliphatic heterocycles. The SMILES string of the molecule is CCN1CCN(c2nc3c(C)cccn3c(=O)c2/C=C(\C#N)C(=O)Nc2ccc(C)cc2)CC1. The molecule has 8 nitrogen and oxygen atoms in total. The lowest BCUT2D eigenvalue weighted by atomic mass is 10.1. The average molecular weight is 457 g/mol. The summed E-state index contributed by atoms with van der Waals surface area (Å²) in [5, 5.41) is 12.5. The minimum absolute atomic E-state index is 0.152. The van der Waals surface area contributed by atoms with Crippen molar-refractivity contribution in [2.45, 2.75) is 20.8 Å². The third kappa shape index (κ3) is 4.70. The summed E-state index contributed by atoms with van der Waals surface area (Å²) in [5.41, 5.74) is 2.87. The summed E-state index contributed by atoms with van der Waals surface area (Å²) in [6.07, 6.45) is 3.03. The molecule has 1 fully saturated rings. The van der Waals surface area contributed by atoms with Gasteiger partial charge in [0.2, 0.25) is 0 Å². The molecule has 174 valence electrons. The Balaban J connectivity index is 1.79. The molecule has 2 aromatic heterocycles. The van der Waals surface area contributed by atoms with E-state index < -0.39 is 5.91 Å². The molecular formula is C26H28N6O2. The van der Waals surface area contributed by atoms with Crippen molar-refractivity contribution in [1.82, 2.24) is 14.3 Å². The second-order valence-corrected chi connectivity index (χ2v) is 8.45. The predicted molar refractivity (Wildman–Crippen MR) is 134 cm³/mol. The number of hydrogen-bond donors (Lipinski definition) is 1. The first kappa shape index (κ1) is 23.2. The summed E-state index contributed by atoms with van der Waals surface area (Å²) in [4.78, 5) is 35.7. The van der Waals surface area contributed by atoms with Crippen molar-refractivity contribution in [3.05, 3.63) is 75.2 Å². The van der Waals surface area contributed by atoms with Crippen LogP contribution in [0, 0.1) is 25.2 Å². The molecule has 0 radical (unpaired) electrons. The minimum Gasteiger partial charge on any atom is -0.353 e. The molecule has 0 bridgehead atoms. The molecule has 1 aromatic carbocycles. The number of nitrogens with one attached hydrogen (secondary N) is 1. The molecule has 0 atom stereocenters. The Labute approximate surface area is 198 Å². The maximum atomic E-state index is 13.5. The molecule has 34 heavy (non-hydrogen) atoms. The van der Waals surface area contributed by atoms with E-state index in [4.69, 9.17) is 4.98 Å². The molecule has 8 heteroatoms. The van der Waals surface area contributed by atoms with Gasteiger partial charge < -0.3 is 15.1 Å². The summed E-state index contributed by atoms with van der Waals surface area (Å²) in [5.74, 6) is -0.0622. The van der Waals surface area contributed by atoms with Gasteiger partial charge in [-0.15, -0.1) is 0 Å². The van der Waals surface area contributed by atoms with Gasteiger partial charge in [0, 0.05) is 38.1 Å². The second kappa shape index (κ2) is 9.89. The van der Waals surface area contributed by atoms with Crippen LogP contribution in [0.1, 0.15) is 23.6 Å². The topological polar surface area (TPSA) is 93.7 Å². The number of piperazine rings is 1. The highest BCUT2D eigenvalue weighted by atomic mass is 16.1. The van der Waals surface area contributed by atoms with Gasteiger partial charge in [0.1, 0.15) is 23.1 Å². The van der Waals surface area contributed by atoms with Crippen molar-refractivity contribution in [2.24, 2.45) is 0 Å². The summed E-state index contributed by atoms with van der Waals surface area (Å²) in [6, 6.07) is 13.0. The number of nitriles is 1. The maximum absolute atomic E-state index is 13.5. The molecular weight excluding hydrogens is 428 g/mol. The van der Waals surface area contributed by atoms with E-state index in [1.807, 2.05) is 38.1 Å². The summed E-state index contributed by atoms with van der Waals surface area (Å²) in [7, 11) is 0. The average Bonchev–Trinajstić information content (AvgIpc) is 2.85. The van der Waals surface area contributed by atoms with Crippen LogP contribution >= 0.6 is 0 Å². The number of pyridine rings is 1. The van der Waals surface area contributed by atoms with Crippen molar-refractivity contribution < 1.29 is 4.79 Å². The fourth-order valence-electron chi connectivity index (χ4n) is 4.07. The Morgan fingerprint density at radius 2 is 1.85 bits per heavy atom. The number of carbonyl (C=O) groups excluding carboxylic acids is 1. The predicted octanol–water partition coefficient (Wildman–Crippen LogP) is 3.00. The van der Waals surface area contributed by atoms with Crippen LogP contribution in [0.4, 0.5) is 11.5 Å². The lowest BCUT2D eigenvalue weighted by Crippen LogP contribution is -2.47. The number of benzene rings is 1. The fraction of sp³-hybridized carbons (Fsp3) is 0.308. The highest BCUT2D eigenvalue weighted by Crippen LogP contribution is 2.22. The van der Waals surface area contributed by atoms with Crippen molar-refractivity contribution in [3.63, 3.8) is 0 Å². The zero-order valence-corrected chi connectivity index (χ0v) is 19.7. The summed E-state index contributed by atoms with van der Waals surface area (Å²) >= 11 is 0. The van der Waals surface area contributed by atoms with Crippen LogP contribution < -0.4 is 15.8 Å². The largest absolute Gasteiger partial charge is 0.353 e. The molecule has 4 rings (SSSR count). The van der Waals surface area contributed by atoms with Gasteiger partial charge in [0.15, 0.2) is 0 Å². The van der Waals surface area contributed by atoms with Crippen molar-refractivity contribution in [1.29, 1.82) is 5.26 Å². The Kier molecular flexibility index (Phi) is 6.75. The zero-order valence-electron chi connectivity index (χ0n) is 19.7. The number of anilines is 2. The van der Waals surface area contributed by atoms with E-state index in [0.717, 1.165) is 30.8 Å². The van der Waals surface area contributed by atoms with E-state index in [-0.39, 0.29) is 16.7 Å². The quantitative estimate of drug-likeness (QED) is 0.469. The van der Waals surface area contributed by atoms with Crippen LogP contribution in [0.2, 0.25) is 0 Å². The lowest BCUT2D eigenvalue weighted by Gasteiger charge is -2.35. The molecule has 3 aromatic rings. The molecule has 1 saturated heterocycles. The van der Waals surface area contributed by atoms with Crippen LogP contribution in [0.15, 0.2) is 53.0 Å². The first-order chi connectivity index (χ1) is 16.4. The van der Waals surface area contributed by atoms with Crippen LogP contribution in [0.5, 0.6) is 0 Å². The van der Waals surface area contributed by atoms with Gasteiger partial charge in [0.25, 0.3) is 11.5 Å². The monoisotopic (exact) mass is 456 g/mol. The van der Waals surface area contributed by atoms with E-state index in [1.165, 1.54) is 10.5 Å². The fourth-order valence-corrected chi connectivity index (χ4v) is 4.07. The number of amides is 1. The van der Waals surface area contributed by atoms with E-state index >= 15 is 0 Å². The maximum Gasteiger partial charge on any atom is 0.267 e. The van der Waals surface area contributed by atoms with Gasteiger partial charge >= 0.3 is 0 Å². The highest BCUT2D eigenvalue weighted by Gasteiger charge is 2.23. The van der Waals surface area contributed by atoms with E-state index in [9.17, 15) is 14.9 Å². The van der Waals surface area contributed by atoms with Gasteiger partial charge in [-0.05, 0) is 50.2 Å². The molecule has 0 spiro atoms. The third-order valence-electron chi connectivity index (χ3n) is 6.15. The first-order valence-corrected chi connectivity index (χ1v) is 11.4. The number of likely N-dealkylation sites (N-methyl/N-ethyl adjacent to an activating group) is 1. The zero-order chi connectivity index (χ0) is 24.2. The molecule has 1 amide bonds. The standard InChI is InChI=1S/C26H28N6O2/c1-4-30-12-14-31(15-13-30)24-22(26(34)32-11-5-6-19(3)23(32)29-24)16-20(17-27)25(33)28-21-9-7-18(2)8-10-21/h5-11,16H,4,12-15H2,1-3H3,(H,28,33)/b20-16+. The molecule has 0 saturated carbocycles. The van der Waals surface area contributed by atoms with Gasteiger partial charge in [0.05, 0.1) is 5.56 Å². The van der Waals surface area contributed by atoms with Gasteiger partial charge in [-0.3, -0.25) is 14.0 Å². The Hall–Kier alpha value is -3.96. The Bertz CT molecular complexity index is 1340. The number of nitrogens with zero attached hydrogens (tertiary/aromatic N) is 5. The third-order valence-corrected chi connectivity index (χ3v) is 6.15. The summed E-state index contributed by atoms with van der Waals surface area (Å²) < 4.78 is 1.47. The Morgan fingerprint density at radius 1 is 1.15 bits per heavy atom. The number of carbonyl (C=O) groups is 1. The number of hydrogen-bond acceptors (Lipinski definition) is 6. The Morgan fingerprint density at radius 3 is 2.50 bits per heavy atom. The van der Waals surface area contributed by atoms with Crippen LogP contribution in [0.3, 0.4) is 0 Å². The number of fused-ring (bicyclic) bond motifs is 1. The van der Waals surface area contributed by atoms with Crippen molar-refractivity contribution >= 4 is 29.1 Å². The van der Waals surface area contributed by atoms with Crippen LogP contribution in [0.25, 0.3) is 11.7 Å². The number of aromatic nitrogens is 2. The van der Waals surface area contributed by atoms with E-state index in [2.05, 4.69) is 22.0 Å². The molecule has 1 aliphatic rings. The van der Waals surface area contributed by atoms with Crippen molar-refractivity contribution in [3.8, 4) is 6.07 Å². The number of rotatable bonds is 5. The van der Waals surface area contributed by atoms with Gasteiger partial charge in [-0.25, -0.2) is 4.98 Å². The summed E-state index contributed by atoms with van der Waals surface area (Å²) in [6.45, 7) is 10.1. The van der Waals surface area contributed by atoms with E-state index in [0.29, 0.717) is 30.2 Å². The van der Waals surface area contributed by atoms with Gasteiger partial charge in [-0.2, -0.15) is 5.26 Å². The number of aryl methyl sites for hydroxylation is 2. The van der Waals surface area contributed by atoms with Crippen molar-refractivity contribution in [2.75, 3.05) is 42.9 Å². The van der Waals surface area contributed by atoms with E-state index in [1.54, 1.807) is 24.4 Å². The highest BCUT2D eigenvalue weighted by molar-refractivity contribution is 6.10. The molecule has 1 N–H and O–H groups in total. The van der Waals surface area contributed by atoms with Crippen LogP contribution in [-0.4, -0.2) is 52.9 Å². The molecule has 0 aliphatic carbocycles. The first-order valence-electron chi connectivity index (χ1n) is 11.4. The van der Waals surface area contributed by atoms with Gasteiger partial charge in [-0.1, -0.05) is 30.7 Å².